The molecule has 0 aliphatic heterocycles. The Labute approximate surface area is 86.9 Å². The van der Waals surface area contributed by atoms with Crippen molar-refractivity contribution in [3.63, 3.8) is 0 Å². The van der Waals surface area contributed by atoms with Crippen LogP contribution in [0.3, 0.4) is 0 Å². The molecule has 1 rings (SSSR count). The Morgan fingerprint density at radius 2 is 1.73 bits per heavy atom. The second kappa shape index (κ2) is 3.64. The van der Waals surface area contributed by atoms with Gasteiger partial charge in [-0.15, -0.1) is 0 Å². The highest BCUT2D eigenvalue weighted by molar-refractivity contribution is 8.13. The Morgan fingerprint density at radius 3 is 2.13 bits per heavy atom. The molecular weight excluding hydrogens is 260 g/mol. The van der Waals surface area contributed by atoms with Crippen LogP contribution < -0.4 is 0 Å². The summed E-state index contributed by atoms with van der Waals surface area (Å²) >= 11 is 0. The van der Waals surface area contributed by atoms with Gasteiger partial charge in [0.25, 0.3) is 9.05 Å². The first-order valence-corrected chi connectivity index (χ1v) is 5.75. The fourth-order valence-electron chi connectivity index (χ4n) is 0.932. The number of hydrogen-bond acceptors (Lipinski definition) is 2. The van der Waals surface area contributed by atoms with Gasteiger partial charge in [0.15, 0.2) is 0 Å². The summed E-state index contributed by atoms with van der Waals surface area (Å²) in [5.41, 5.74) is -1.49. The molecule has 0 aliphatic carbocycles. The Hall–Kier alpha value is -0.820. The zero-order valence-electron chi connectivity index (χ0n) is 6.85. The van der Waals surface area contributed by atoms with E-state index in [9.17, 15) is 26.0 Å². The molecule has 0 fully saturated rings. The number of rotatable bonds is 1. The summed E-state index contributed by atoms with van der Waals surface area (Å²) in [5, 5.41) is 0. The second-order valence-corrected chi connectivity index (χ2v) is 5.11. The van der Waals surface area contributed by atoms with Crippen LogP contribution in [0.15, 0.2) is 23.1 Å². The third-order valence-corrected chi connectivity index (χ3v) is 2.87. The second-order valence-electron chi connectivity index (χ2n) is 2.58. The van der Waals surface area contributed by atoms with Gasteiger partial charge in [-0.05, 0) is 18.2 Å². The number of alkyl halides is 3. The molecule has 0 N–H and O–H groups in total. The predicted molar refractivity (Wildman–Crippen MR) is 44.4 cm³/mol. The molecule has 0 bridgehead atoms. The molecule has 0 heterocycles. The molecule has 15 heavy (non-hydrogen) atoms. The van der Waals surface area contributed by atoms with Crippen molar-refractivity contribution < 1.29 is 26.0 Å². The average Bonchev–Trinajstić information content (AvgIpc) is 2.00. The van der Waals surface area contributed by atoms with E-state index in [2.05, 4.69) is 0 Å². The van der Waals surface area contributed by atoms with Crippen molar-refractivity contribution in [2.24, 2.45) is 0 Å². The third kappa shape index (κ3) is 2.82. The molecule has 84 valence electrons. The smallest absolute Gasteiger partial charge is 0.207 e. The molecule has 0 aliphatic rings. The lowest BCUT2D eigenvalue weighted by Crippen LogP contribution is -2.10. The zero-order valence-corrected chi connectivity index (χ0v) is 8.42. The first-order chi connectivity index (χ1) is 6.62. The highest BCUT2D eigenvalue weighted by atomic mass is 35.7. The number of benzene rings is 1. The molecule has 1 aromatic carbocycles. The topological polar surface area (TPSA) is 34.1 Å². The van der Waals surface area contributed by atoms with Crippen LogP contribution in [0, 0.1) is 5.82 Å². The van der Waals surface area contributed by atoms with Crippen LogP contribution in [0.4, 0.5) is 17.6 Å². The van der Waals surface area contributed by atoms with Gasteiger partial charge in [0.05, 0.1) is 10.5 Å². The zero-order chi connectivity index (χ0) is 11.9. The summed E-state index contributed by atoms with van der Waals surface area (Å²) in [4.78, 5) is -1.28. The van der Waals surface area contributed by atoms with Gasteiger partial charge in [0, 0.05) is 10.7 Å². The minimum Gasteiger partial charge on any atom is -0.207 e. The van der Waals surface area contributed by atoms with Crippen molar-refractivity contribution in [2.75, 3.05) is 0 Å². The van der Waals surface area contributed by atoms with Crippen LogP contribution in [0.1, 0.15) is 5.56 Å². The van der Waals surface area contributed by atoms with Crippen molar-refractivity contribution in [3.05, 3.63) is 29.6 Å². The molecule has 0 atom stereocenters. The molecule has 0 saturated heterocycles. The molecule has 1 aromatic rings. The monoisotopic (exact) mass is 262 g/mol. The van der Waals surface area contributed by atoms with Gasteiger partial charge in [-0.1, -0.05) is 0 Å². The van der Waals surface area contributed by atoms with E-state index in [0.717, 1.165) is 0 Å². The van der Waals surface area contributed by atoms with Crippen molar-refractivity contribution in [2.45, 2.75) is 11.1 Å². The van der Waals surface area contributed by atoms with E-state index in [1.165, 1.54) is 0 Å². The lowest BCUT2D eigenvalue weighted by atomic mass is 10.2. The van der Waals surface area contributed by atoms with E-state index in [0.29, 0.717) is 12.1 Å². The van der Waals surface area contributed by atoms with E-state index in [1.807, 2.05) is 0 Å². The van der Waals surface area contributed by atoms with Gasteiger partial charge in [-0.2, -0.15) is 13.2 Å². The number of halogens is 5. The van der Waals surface area contributed by atoms with E-state index in [-0.39, 0.29) is 6.07 Å². The van der Waals surface area contributed by atoms with E-state index < -0.39 is 31.5 Å². The molecule has 0 spiro atoms. The van der Waals surface area contributed by atoms with Crippen LogP contribution in [0.25, 0.3) is 0 Å². The highest BCUT2D eigenvalue weighted by Crippen LogP contribution is 2.35. The van der Waals surface area contributed by atoms with Gasteiger partial charge >= 0.3 is 6.18 Å². The Morgan fingerprint density at radius 1 is 1.20 bits per heavy atom. The SMILES string of the molecule is O=S(=O)(Cl)c1cc(F)ccc1C(F)(F)F. The normalized spacial score (nSPS) is 12.9. The van der Waals surface area contributed by atoms with Crippen molar-refractivity contribution in [3.8, 4) is 0 Å². The maximum absolute atomic E-state index is 12.6. The predicted octanol–water partition coefficient (Wildman–Crippen LogP) is 2.77. The largest absolute Gasteiger partial charge is 0.417 e. The van der Waals surface area contributed by atoms with Gasteiger partial charge in [-0.25, -0.2) is 12.8 Å². The van der Waals surface area contributed by atoms with Gasteiger partial charge in [0.1, 0.15) is 5.82 Å². The van der Waals surface area contributed by atoms with Gasteiger partial charge in [-0.3, -0.25) is 0 Å². The van der Waals surface area contributed by atoms with Crippen molar-refractivity contribution >= 4 is 19.7 Å². The van der Waals surface area contributed by atoms with Crippen LogP contribution in [-0.4, -0.2) is 8.42 Å². The third-order valence-electron chi connectivity index (χ3n) is 1.51. The Kier molecular flexibility index (Phi) is 2.97. The quantitative estimate of drug-likeness (QED) is 0.576. The minimum atomic E-state index is -4.90. The van der Waals surface area contributed by atoms with E-state index in [1.54, 1.807) is 0 Å². The van der Waals surface area contributed by atoms with Crippen LogP contribution >= 0.6 is 10.7 Å². The molecule has 0 aromatic heterocycles. The number of hydrogen-bond donors (Lipinski definition) is 0. The first kappa shape index (κ1) is 12.3. The maximum atomic E-state index is 12.6. The standard InChI is InChI=1S/C7H3ClF4O2S/c8-15(13,14)6-3-4(9)1-2-5(6)7(10,11)12/h1-3H. The molecule has 8 heteroatoms. The van der Waals surface area contributed by atoms with Gasteiger partial charge < -0.3 is 0 Å². The minimum absolute atomic E-state index is 0.227. The molecular formula is C7H3ClF4O2S. The molecule has 0 unspecified atom stereocenters. The molecule has 0 amide bonds. The molecule has 2 nitrogen and oxygen atoms in total. The summed E-state index contributed by atoms with van der Waals surface area (Å²) in [6.45, 7) is 0. The molecule has 0 saturated carbocycles. The fraction of sp³-hybridized carbons (Fsp3) is 0.143. The van der Waals surface area contributed by atoms with Crippen LogP contribution in [0.2, 0.25) is 0 Å². The molecule has 0 radical (unpaired) electrons. The average molecular weight is 263 g/mol. The van der Waals surface area contributed by atoms with Crippen molar-refractivity contribution in [1.29, 1.82) is 0 Å². The maximum Gasteiger partial charge on any atom is 0.417 e. The fourth-order valence-corrected chi connectivity index (χ4v) is 2.01. The summed E-state index contributed by atoms with van der Waals surface area (Å²) < 4.78 is 70.9. The summed E-state index contributed by atoms with van der Waals surface area (Å²) in [6, 6.07) is 1.06. The summed E-state index contributed by atoms with van der Waals surface area (Å²) in [6.07, 6.45) is -4.90. The van der Waals surface area contributed by atoms with Gasteiger partial charge in [0.2, 0.25) is 0 Å². The Balaban J connectivity index is 3.55. The lowest BCUT2D eigenvalue weighted by Gasteiger charge is -2.10. The first-order valence-electron chi connectivity index (χ1n) is 3.44. The Bertz CT molecular complexity index is 480. The van der Waals surface area contributed by atoms with E-state index >= 15 is 0 Å². The lowest BCUT2D eigenvalue weighted by molar-refractivity contribution is -0.139. The van der Waals surface area contributed by atoms with E-state index in [4.69, 9.17) is 10.7 Å². The van der Waals surface area contributed by atoms with Crippen molar-refractivity contribution in [1.82, 2.24) is 0 Å². The van der Waals surface area contributed by atoms with Crippen LogP contribution in [-0.2, 0) is 15.2 Å². The highest BCUT2D eigenvalue weighted by Gasteiger charge is 2.36. The summed E-state index contributed by atoms with van der Waals surface area (Å²) in [5.74, 6) is -1.11. The van der Waals surface area contributed by atoms with Crippen LogP contribution in [0.5, 0.6) is 0 Å². The summed E-state index contributed by atoms with van der Waals surface area (Å²) in [7, 11) is 0.120.